The van der Waals surface area contributed by atoms with Gasteiger partial charge in [0.2, 0.25) is 5.91 Å². The standard InChI is InChI=1S/C22H28FN3O3/c1-5-21(27)24-19-9-10-20(25(2)3)17(14-19)15-26(11-12-29-4)22(28)16-7-6-8-18(23)13-16/h6-10,13-14H,5,11-12,15H2,1-4H3,(H,24,27). The molecule has 0 aliphatic rings. The maximum atomic E-state index is 13.6. The molecule has 2 amide bonds. The highest BCUT2D eigenvalue weighted by molar-refractivity contribution is 5.94. The molecule has 29 heavy (non-hydrogen) atoms. The van der Waals surface area contributed by atoms with Crippen molar-refractivity contribution >= 4 is 23.2 Å². The van der Waals surface area contributed by atoms with E-state index in [1.54, 1.807) is 25.0 Å². The van der Waals surface area contributed by atoms with Crippen LogP contribution < -0.4 is 10.2 Å². The summed E-state index contributed by atoms with van der Waals surface area (Å²) < 4.78 is 18.8. The number of carbonyl (C=O) groups excluding carboxylic acids is 2. The van der Waals surface area contributed by atoms with Crippen LogP contribution in [0, 0.1) is 5.82 Å². The van der Waals surface area contributed by atoms with Gasteiger partial charge in [0.15, 0.2) is 0 Å². The predicted octanol–water partition coefficient (Wildman–Crippen LogP) is 3.53. The zero-order valence-electron chi connectivity index (χ0n) is 17.4. The highest BCUT2D eigenvalue weighted by Gasteiger charge is 2.19. The number of anilines is 2. The molecule has 0 atom stereocenters. The smallest absolute Gasteiger partial charge is 0.254 e. The second-order valence-electron chi connectivity index (χ2n) is 6.87. The van der Waals surface area contributed by atoms with E-state index in [1.807, 2.05) is 37.2 Å². The maximum Gasteiger partial charge on any atom is 0.254 e. The van der Waals surface area contributed by atoms with Gasteiger partial charge in [-0.15, -0.1) is 0 Å². The second-order valence-corrected chi connectivity index (χ2v) is 6.87. The van der Waals surface area contributed by atoms with Gasteiger partial charge in [0.05, 0.1) is 6.61 Å². The van der Waals surface area contributed by atoms with Crippen molar-refractivity contribution in [2.45, 2.75) is 19.9 Å². The fourth-order valence-corrected chi connectivity index (χ4v) is 2.94. The fourth-order valence-electron chi connectivity index (χ4n) is 2.94. The third kappa shape index (κ3) is 6.29. The summed E-state index contributed by atoms with van der Waals surface area (Å²) in [4.78, 5) is 28.3. The lowest BCUT2D eigenvalue weighted by atomic mass is 10.1. The first kappa shape index (κ1) is 22.4. The van der Waals surface area contributed by atoms with Crippen molar-refractivity contribution in [2.24, 2.45) is 0 Å². The normalized spacial score (nSPS) is 10.5. The Morgan fingerprint density at radius 2 is 1.90 bits per heavy atom. The molecule has 0 aliphatic heterocycles. The summed E-state index contributed by atoms with van der Waals surface area (Å²) in [6.07, 6.45) is 0.378. The molecule has 0 saturated carbocycles. The van der Waals surface area contributed by atoms with E-state index < -0.39 is 5.82 Å². The lowest BCUT2D eigenvalue weighted by molar-refractivity contribution is -0.115. The van der Waals surface area contributed by atoms with E-state index in [0.717, 1.165) is 11.3 Å². The van der Waals surface area contributed by atoms with Gasteiger partial charge in [0.25, 0.3) is 5.91 Å². The lowest BCUT2D eigenvalue weighted by Crippen LogP contribution is -2.34. The van der Waals surface area contributed by atoms with Gasteiger partial charge in [0.1, 0.15) is 5.82 Å². The Kier molecular flexibility index (Phi) is 8.15. The molecule has 0 fully saturated rings. The summed E-state index contributed by atoms with van der Waals surface area (Å²) in [5.41, 5.74) is 2.74. The van der Waals surface area contributed by atoms with Crippen molar-refractivity contribution in [1.29, 1.82) is 0 Å². The van der Waals surface area contributed by atoms with Crippen LogP contribution in [0.15, 0.2) is 42.5 Å². The van der Waals surface area contributed by atoms with E-state index in [4.69, 9.17) is 4.74 Å². The van der Waals surface area contributed by atoms with Crippen molar-refractivity contribution in [3.8, 4) is 0 Å². The molecule has 2 rings (SSSR count). The number of halogens is 1. The quantitative estimate of drug-likeness (QED) is 0.698. The minimum Gasteiger partial charge on any atom is -0.383 e. The molecule has 0 heterocycles. The van der Waals surface area contributed by atoms with E-state index in [1.165, 1.54) is 18.2 Å². The van der Waals surface area contributed by atoms with Crippen LogP contribution in [-0.4, -0.2) is 51.1 Å². The van der Waals surface area contributed by atoms with Crippen molar-refractivity contribution in [1.82, 2.24) is 4.90 Å². The van der Waals surface area contributed by atoms with E-state index in [9.17, 15) is 14.0 Å². The van der Waals surface area contributed by atoms with E-state index >= 15 is 0 Å². The number of carbonyl (C=O) groups is 2. The number of hydrogen-bond donors (Lipinski definition) is 1. The lowest BCUT2D eigenvalue weighted by Gasteiger charge is -2.26. The van der Waals surface area contributed by atoms with Crippen LogP contribution in [0.25, 0.3) is 0 Å². The van der Waals surface area contributed by atoms with Crippen molar-refractivity contribution in [3.05, 3.63) is 59.4 Å². The Morgan fingerprint density at radius 3 is 2.52 bits per heavy atom. The minimum atomic E-state index is -0.458. The Bertz CT molecular complexity index is 855. The number of methoxy groups -OCH3 is 1. The maximum absolute atomic E-state index is 13.6. The van der Waals surface area contributed by atoms with Gasteiger partial charge in [-0.2, -0.15) is 0 Å². The van der Waals surface area contributed by atoms with Crippen LogP contribution in [0.2, 0.25) is 0 Å². The SMILES string of the molecule is CCC(=O)Nc1ccc(N(C)C)c(CN(CCOC)C(=O)c2cccc(F)c2)c1. The number of nitrogens with one attached hydrogen (secondary N) is 1. The third-order valence-electron chi connectivity index (χ3n) is 4.45. The highest BCUT2D eigenvalue weighted by Crippen LogP contribution is 2.25. The number of ether oxygens (including phenoxy) is 1. The van der Waals surface area contributed by atoms with Crippen molar-refractivity contribution in [3.63, 3.8) is 0 Å². The van der Waals surface area contributed by atoms with Crippen LogP contribution in [0.4, 0.5) is 15.8 Å². The van der Waals surface area contributed by atoms with Gasteiger partial charge in [-0.1, -0.05) is 13.0 Å². The molecule has 0 saturated heterocycles. The van der Waals surface area contributed by atoms with Crippen molar-refractivity contribution in [2.75, 3.05) is 44.6 Å². The Labute approximate surface area is 171 Å². The fraction of sp³-hybridized carbons (Fsp3) is 0.364. The number of nitrogens with zero attached hydrogens (tertiary/aromatic N) is 2. The zero-order valence-corrected chi connectivity index (χ0v) is 17.4. The number of rotatable bonds is 9. The number of hydrogen-bond acceptors (Lipinski definition) is 4. The molecule has 0 radical (unpaired) electrons. The molecular weight excluding hydrogens is 373 g/mol. The molecule has 7 heteroatoms. The summed E-state index contributed by atoms with van der Waals surface area (Å²) in [5, 5.41) is 2.85. The van der Waals surface area contributed by atoms with Crippen LogP contribution in [0.1, 0.15) is 29.3 Å². The first-order valence-corrected chi connectivity index (χ1v) is 9.49. The van der Waals surface area contributed by atoms with Gasteiger partial charge in [-0.05, 0) is 42.0 Å². The van der Waals surface area contributed by atoms with Gasteiger partial charge in [0, 0.05) is 57.7 Å². The Balaban J connectivity index is 2.36. The largest absolute Gasteiger partial charge is 0.383 e. The van der Waals surface area contributed by atoms with E-state index in [-0.39, 0.29) is 17.4 Å². The predicted molar refractivity (Wildman–Crippen MR) is 113 cm³/mol. The Hall–Kier alpha value is -2.93. The van der Waals surface area contributed by atoms with E-state index in [0.29, 0.717) is 31.8 Å². The molecule has 6 nitrogen and oxygen atoms in total. The summed E-state index contributed by atoms with van der Waals surface area (Å²) in [6, 6.07) is 11.2. The molecule has 156 valence electrons. The highest BCUT2D eigenvalue weighted by atomic mass is 19.1. The zero-order chi connectivity index (χ0) is 21.4. The van der Waals surface area contributed by atoms with Crippen LogP contribution in [0.3, 0.4) is 0 Å². The molecule has 1 N–H and O–H groups in total. The van der Waals surface area contributed by atoms with Gasteiger partial charge in [-0.25, -0.2) is 4.39 Å². The van der Waals surface area contributed by atoms with Gasteiger partial charge >= 0.3 is 0 Å². The van der Waals surface area contributed by atoms with Gasteiger partial charge in [-0.3, -0.25) is 9.59 Å². The minimum absolute atomic E-state index is 0.0828. The van der Waals surface area contributed by atoms with Crippen LogP contribution >= 0.6 is 0 Å². The van der Waals surface area contributed by atoms with Crippen LogP contribution in [0.5, 0.6) is 0 Å². The number of benzene rings is 2. The molecular formula is C22H28FN3O3. The van der Waals surface area contributed by atoms with Crippen LogP contribution in [-0.2, 0) is 16.1 Å². The molecule has 0 aromatic heterocycles. The molecule has 2 aromatic rings. The summed E-state index contributed by atoms with van der Waals surface area (Å²) in [6.45, 7) is 2.78. The molecule has 2 aromatic carbocycles. The first-order valence-electron chi connectivity index (χ1n) is 9.49. The third-order valence-corrected chi connectivity index (χ3v) is 4.45. The topological polar surface area (TPSA) is 61.9 Å². The summed E-state index contributed by atoms with van der Waals surface area (Å²) >= 11 is 0. The first-order chi connectivity index (χ1) is 13.8. The average Bonchev–Trinajstić information content (AvgIpc) is 2.70. The monoisotopic (exact) mass is 401 g/mol. The van der Waals surface area contributed by atoms with Crippen molar-refractivity contribution < 1.29 is 18.7 Å². The molecule has 0 unspecified atom stereocenters. The number of amides is 2. The van der Waals surface area contributed by atoms with E-state index in [2.05, 4.69) is 5.32 Å². The van der Waals surface area contributed by atoms with Gasteiger partial charge < -0.3 is 19.9 Å². The Morgan fingerprint density at radius 1 is 1.14 bits per heavy atom. The summed E-state index contributed by atoms with van der Waals surface area (Å²) in [7, 11) is 5.39. The summed E-state index contributed by atoms with van der Waals surface area (Å²) in [5.74, 6) is -0.823. The molecule has 0 bridgehead atoms. The second kappa shape index (κ2) is 10.6. The average molecular weight is 401 g/mol. The molecule has 0 spiro atoms. The molecule has 0 aliphatic carbocycles.